The van der Waals surface area contributed by atoms with Gasteiger partial charge in [0.2, 0.25) is 10.0 Å². The number of hydrogen-bond acceptors (Lipinski definition) is 5. The fourth-order valence-electron chi connectivity index (χ4n) is 1.45. The van der Waals surface area contributed by atoms with Crippen LogP contribution in [0.25, 0.3) is 0 Å². The Hall–Kier alpha value is -1.43. The molecule has 23 heavy (non-hydrogen) atoms. The predicted octanol–water partition coefficient (Wildman–Crippen LogP) is 2.05. The fraction of sp³-hybridized carbons (Fsp3) is 0.455. The SMILES string of the molecule is CC(C)(N)CNS(=O)(=O)c1ccc([N+](=O)[O-])cc1C(F)(F)F.Cl. The summed E-state index contributed by atoms with van der Waals surface area (Å²) in [4.78, 5) is 8.43. The van der Waals surface area contributed by atoms with Crippen LogP contribution in [0.15, 0.2) is 23.1 Å². The van der Waals surface area contributed by atoms with Crippen LogP contribution < -0.4 is 10.5 Å². The van der Waals surface area contributed by atoms with E-state index >= 15 is 0 Å². The second-order valence-electron chi connectivity index (χ2n) is 5.25. The summed E-state index contributed by atoms with van der Waals surface area (Å²) in [5.41, 5.74) is 2.13. The number of halogens is 4. The molecule has 7 nitrogen and oxygen atoms in total. The topological polar surface area (TPSA) is 115 Å². The van der Waals surface area contributed by atoms with E-state index < -0.39 is 42.8 Å². The smallest absolute Gasteiger partial charge is 0.324 e. The van der Waals surface area contributed by atoms with Crippen molar-refractivity contribution in [2.24, 2.45) is 5.73 Å². The number of nitrogens with zero attached hydrogens (tertiary/aromatic N) is 1. The molecule has 0 amide bonds. The van der Waals surface area contributed by atoms with Crippen LogP contribution in [0, 0.1) is 10.1 Å². The molecule has 0 radical (unpaired) electrons. The number of alkyl halides is 3. The van der Waals surface area contributed by atoms with Gasteiger partial charge in [-0.05, 0) is 19.9 Å². The molecule has 0 atom stereocenters. The van der Waals surface area contributed by atoms with Crippen molar-refractivity contribution in [1.82, 2.24) is 4.72 Å². The normalized spacial score (nSPS) is 12.6. The Morgan fingerprint density at radius 2 is 1.83 bits per heavy atom. The zero-order chi connectivity index (χ0) is 17.3. The molecule has 0 aliphatic heterocycles. The van der Waals surface area contributed by atoms with Gasteiger partial charge in [-0.25, -0.2) is 13.1 Å². The molecule has 0 bridgehead atoms. The molecule has 0 aliphatic rings. The summed E-state index contributed by atoms with van der Waals surface area (Å²) in [5.74, 6) is 0. The maximum atomic E-state index is 13.0. The van der Waals surface area contributed by atoms with Crippen molar-refractivity contribution in [3.05, 3.63) is 33.9 Å². The lowest BCUT2D eigenvalue weighted by atomic mass is 10.1. The lowest BCUT2D eigenvalue weighted by molar-refractivity contribution is -0.385. The zero-order valence-electron chi connectivity index (χ0n) is 12.0. The van der Waals surface area contributed by atoms with Crippen LogP contribution in [0.4, 0.5) is 18.9 Å². The van der Waals surface area contributed by atoms with Crippen LogP contribution in [-0.4, -0.2) is 25.4 Å². The Morgan fingerprint density at radius 3 is 2.22 bits per heavy atom. The van der Waals surface area contributed by atoms with Gasteiger partial charge in [-0.15, -0.1) is 12.4 Å². The van der Waals surface area contributed by atoms with E-state index in [1.807, 2.05) is 4.72 Å². The predicted molar refractivity (Wildman–Crippen MR) is 78.8 cm³/mol. The van der Waals surface area contributed by atoms with Crippen LogP contribution in [0.1, 0.15) is 19.4 Å². The summed E-state index contributed by atoms with van der Waals surface area (Å²) in [6.45, 7) is 2.66. The summed E-state index contributed by atoms with van der Waals surface area (Å²) in [6.07, 6.45) is -5.06. The third-order valence-corrected chi connectivity index (χ3v) is 3.95. The number of nitro benzene ring substituents is 1. The van der Waals surface area contributed by atoms with Gasteiger partial charge in [0, 0.05) is 24.2 Å². The van der Waals surface area contributed by atoms with Gasteiger partial charge >= 0.3 is 6.18 Å². The molecule has 3 N–H and O–H groups in total. The molecule has 0 saturated heterocycles. The van der Waals surface area contributed by atoms with E-state index in [9.17, 15) is 31.7 Å². The van der Waals surface area contributed by atoms with Crippen LogP contribution in [-0.2, 0) is 16.2 Å². The molecule has 0 saturated carbocycles. The number of nitro groups is 1. The van der Waals surface area contributed by atoms with Gasteiger partial charge in [-0.2, -0.15) is 13.2 Å². The molecule has 0 spiro atoms. The largest absolute Gasteiger partial charge is 0.417 e. The van der Waals surface area contributed by atoms with E-state index in [0.29, 0.717) is 12.1 Å². The Balaban J connectivity index is 0.00000484. The van der Waals surface area contributed by atoms with Gasteiger partial charge in [0.25, 0.3) is 5.69 Å². The first kappa shape index (κ1) is 21.6. The minimum absolute atomic E-state index is 0. The molecule has 1 aromatic carbocycles. The van der Waals surface area contributed by atoms with Crippen molar-refractivity contribution in [2.45, 2.75) is 30.5 Å². The summed E-state index contributed by atoms with van der Waals surface area (Å²) in [6, 6.07) is 1.42. The van der Waals surface area contributed by atoms with E-state index in [1.165, 1.54) is 13.8 Å². The Morgan fingerprint density at radius 1 is 1.30 bits per heavy atom. The second-order valence-corrected chi connectivity index (χ2v) is 6.98. The number of nitrogens with two attached hydrogens (primary N) is 1. The maximum absolute atomic E-state index is 13.0. The van der Waals surface area contributed by atoms with E-state index in [-0.39, 0.29) is 25.0 Å². The van der Waals surface area contributed by atoms with Crippen molar-refractivity contribution in [1.29, 1.82) is 0 Å². The van der Waals surface area contributed by atoms with Crippen molar-refractivity contribution in [3.8, 4) is 0 Å². The first-order valence-electron chi connectivity index (χ1n) is 5.88. The molecule has 0 aliphatic carbocycles. The minimum Gasteiger partial charge on any atom is -0.324 e. The lowest BCUT2D eigenvalue weighted by Crippen LogP contribution is -2.45. The third kappa shape index (κ3) is 5.94. The Labute approximate surface area is 136 Å². The number of non-ortho nitro benzene ring substituents is 1. The Bertz CT molecular complexity index is 687. The van der Waals surface area contributed by atoms with E-state index in [0.717, 1.165) is 0 Å². The number of rotatable bonds is 5. The molecule has 1 aromatic rings. The maximum Gasteiger partial charge on any atom is 0.417 e. The van der Waals surface area contributed by atoms with Crippen LogP contribution in [0.3, 0.4) is 0 Å². The number of hydrogen-bond donors (Lipinski definition) is 2. The van der Waals surface area contributed by atoms with E-state index in [4.69, 9.17) is 5.73 Å². The average Bonchev–Trinajstić information content (AvgIpc) is 2.34. The van der Waals surface area contributed by atoms with Crippen molar-refractivity contribution in [3.63, 3.8) is 0 Å². The first-order chi connectivity index (χ1) is 9.74. The third-order valence-electron chi connectivity index (χ3n) is 2.49. The van der Waals surface area contributed by atoms with Gasteiger partial charge in [-0.3, -0.25) is 10.1 Å². The number of nitrogens with one attached hydrogen (secondary N) is 1. The van der Waals surface area contributed by atoms with Gasteiger partial charge in [0.05, 0.1) is 15.4 Å². The molecule has 1 rings (SSSR count). The fourth-order valence-corrected chi connectivity index (χ4v) is 2.88. The second kappa shape index (κ2) is 6.99. The number of benzene rings is 1. The van der Waals surface area contributed by atoms with Crippen molar-refractivity contribution >= 4 is 28.1 Å². The highest BCUT2D eigenvalue weighted by atomic mass is 35.5. The molecule has 0 unspecified atom stereocenters. The highest BCUT2D eigenvalue weighted by Crippen LogP contribution is 2.36. The van der Waals surface area contributed by atoms with Gasteiger partial charge in [0.1, 0.15) is 0 Å². The van der Waals surface area contributed by atoms with Gasteiger partial charge in [0.15, 0.2) is 0 Å². The lowest BCUT2D eigenvalue weighted by Gasteiger charge is -2.20. The zero-order valence-corrected chi connectivity index (χ0v) is 13.7. The van der Waals surface area contributed by atoms with Crippen molar-refractivity contribution in [2.75, 3.05) is 6.54 Å². The summed E-state index contributed by atoms with van der Waals surface area (Å²) >= 11 is 0. The quantitative estimate of drug-likeness (QED) is 0.602. The summed E-state index contributed by atoms with van der Waals surface area (Å²) in [7, 11) is -4.52. The summed E-state index contributed by atoms with van der Waals surface area (Å²) in [5, 5.41) is 10.6. The molecule has 0 fully saturated rings. The standard InChI is InChI=1S/C11H14F3N3O4S.ClH/c1-10(2,15)6-16-22(20,21)9-4-3-7(17(18)19)5-8(9)11(12,13)14;/h3-5,16H,6,15H2,1-2H3;1H. The van der Waals surface area contributed by atoms with Crippen LogP contribution in [0.5, 0.6) is 0 Å². The minimum atomic E-state index is -5.06. The van der Waals surface area contributed by atoms with Crippen molar-refractivity contribution < 1.29 is 26.5 Å². The molecular formula is C11H15ClF3N3O4S. The molecule has 0 heterocycles. The van der Waals surface area contributed by atoms with E-state index in [2.05, 4.69) is 0 Å². The molecule has 0 aromatic heterocycles. The van der Waals surface area contributed by atoms with Gasteiger partial charge < -0.3 is 5.73 Å². The van der Waals surface area contributed by atoms with Crippen LogP contribution >= 0.6 is 12.4 Å². The van der Waals surface area contributed by atoms with Crippen LogP contribution in [0.2, 0.25) is 0 Å². The highest BCUT2D eigenvalue weighted by Gasteiger charge is 2.39. The monoisotopic (exact) mass is 377 g/mol. The average molecular weight is 378 g/mol. The molecule has 132 valence electrons. The summed E-state index contributed by atoms with van der Waals surface area (Å²) < 4.78 is 64.8. The van der Waals surface area contributed by atoms with Gasteiger partial charge in [-0.1, -0.05) is 0 Å². The number of sulfonamides is 1. The Kier molecular flexibility index (Phi) is 6.56. The molecule has 12 heteroatoms. The molecular weight excluding hydrogens is 363 g/mol. The van der Waals surface area contributed by atoms with E-state index in [1.54, 1.807) is 0 Å². The highest BCUT2D eigenvalue weighted by molar-refractivity contribution is 7.89. The first-order valence-corrected chi connectivity index (χ1v) is 7.36.